The van der Waals surface area contributed by atoms with Gasteiger partial charge in [0.05, 0.1) is 17.6 Å². The van der Waals surface area contributed by atoms with Crippen LogP contribution in [0, 0.1) is 16.0 Å². The topological polar surface area (TPSA) is 108 Å². The third-order valence-electron chi connectivity index (χ3n) is 6.34. The van der Waals surface area contributed by atoms with Crippen molar-refractivity contribution < 1.29 is 24.0 Å². The molecule has 8 heteroatoms. The highest BCUT2D eigenvalue weighted by Gasteiger charge is 2.42. The summed E-state index contributed by atoms with van der Waals surface area (Å²) in [6, 6.07) is 19.9. The Morgan fingerprint density at radius 3 is 2.51 bits per heavy atom. The standard InChI is InChI=1S/C29H26N2O6/c1-18-25(28(32)36-3)27(23-11-6-12-24(17-23)31(34)35)26(19(2)30-18)29(33)37-15-7-8-20-13-14-21-9-4-5-10-22(21)16-20/h4-14,16-17,25,27H,15H2,1-3H3. The number of hydrogen-bond donors (Lipinski definition) is 0. The summed E-state index contributed by atoms with van der Waals surface area (Å²) in [5, 5.41) is 13.6. The van der Waals surface area contributed by atoms with Crippen LogP contribution in [0.2, 0.25) is 0 Å². The lowest BCUT2D eigenvalue weighted by Gasteiger charge is -2.31. The van der Waals surface area contributed by atoms with Crippen LogP contribution in [0.5, 0.6) is 0 Å². The van der Waals surface area contributed by atoms with Gasteiger partial charge in [0.1, 0.15) is 12.5 Å². The minimum absolute atomic E-state index is 0.00428. The molecule has 8 nitrogen and oxygen atoms in total. The Morgan fingerprint density at radius 2 is 1.78 bits per heavy atom. The van der Waals surface area contributed by atoms with Crippen LogP contribution in [0.25, 0.3) is 16.8 Å². The fraction of sp³-hybridized carbons (Fsp3) is 0.207. The van der Waals surface area contributed by atoms with E-state index < -0.39 is 28.7 Å². The number of esters is 2. The van der Waals surface area contributed by atoms with Crippen molar-refractivity contribution >= 4 is 40.2 Å². The summed E-state index contributed by atoms with van der Waals surface area (Å²) in [6.45, 7) is 3.32. The lowest BCUT2D eigenvalue weighted by molar-refractivity contribution is -0.384. The van der Waals surface area contributed by atoms with Gasteiger partial charge in [-0.1, -0.05) is 54.6 Å². The predicted molar refractivity (Wildman–Crippen MR) is 141 cm³/mol. The number of non-ortho nitro benzene ring substituents is 1. The van der Waals surface area contributed by atoms with Crippen molar-refractivity contribution in [1.29, 1.82) is 0 Å². The molecular weight excluding hydrogens is 472 g/mol. The first-order valence-electron chi connectivity index (χ1n) is 11.7. The number of nitrogens with zero attached hydrogens (tertiary/aromatic N) is 2. The average molecular weight is 499 g/mol. The first-order valence-corrected chi connectivity index (χ1v) is 11.7. The van der Waals surface area contributed by atoms with Crippen LogP contribution >= 0.6 is 0 Å². The van der Waals surface area contributed by atoms with Crippen LogP contribution < -0.4 is 0 Å². The molecule has 1 aliphatic rings. The maximum absolute atomic E-state index is 13.3. The zero-order chi connectivity index (χ0) is 26.5. The maximum Gasteiger partial charge on any atom is 0.336 e. The molecule has 2 atom stereocenters. The molecule has 2 unspecified atom stereocenters. The van der Waals surface area contributed by atoms with E-state index in [0.29, 0.717) is 17.0 Å². The zero-order valence-electron chi connectivity index (χ0n) is 20.7. The number of ether oxygens (including phenoxy) is 2. The zero-order valence-corrected chi connectivity index (χ0v) is 20.7. The Morgan fingerprint density at radius 1 is 1.03 bits per heavy atom. The number of methoxy groups -OCH3 is 1. The van der Waals surface area contributed by atoms with Gasteiger partial charge in [0.2, 0.25) is 0 Å². The van der Waals surface area contributed by atoms with Gasteiger partial charge >= 0.3 is 11.9 Å². The predicted octanol–water partition coefficient (Wildman–Crippen LogP) is 5.63. The Balaban J connectivity index is 1.60. The summed E-state index contributed by atoms with van der Waals surface area (Å²) >= 11 is 0. The summed E-state index contributed by atoms with van der Waals surface area (Å²) in [7, 11) is 1.25. The number of benzene rings is 3. The molecule has 37 heavy (non-hydrogen) atoms. The number of aliphatic imine (C=N–C) groups is 1. The van der Waals surface area contributed by atoms with Gasteiger partial charge in [-0.25, -0.2) is 4.79 Å². The third-order valence-corrected chi connectivity index (χ3v) is 6.34. The Labute approximate surface area is 214 Å². The molecule has 0 spiro atoms. The molecule has 0 radical (unpaired) electrons. The van der Waals surface area contributed by atoms with Crippen molar-refractivity contribution in [3.05, 3.63) is 105 Å². The highest BCUT2D eigenvalue weighted by molar-refractivity contribution is 6.07. The summed E-state index contributed by atoms with van der Waals surface area (Å²) in [6.07, 6.45) is 3.59. The Kier molecular flexibility index (Phi) is 7.57. The molecule has 1 aliphatic heterocycles. The minimum atomic E-state index is -0.925. The van der Waals surface area contributed by atoms with Crippen LogP contribution in [-0.4, -0.2) is 36.3 Å². The normalized spacial score (nSPS) is 17.5. The van der Waals surface area contributed by atoms with Gasteiger partial charge in [-0.05, 0) is 47.9 Å². The van der Waals surface area contributed by atoms with Crippen molar-refractivity contribution in [3.63, 3.8) is 0 Å². The summed E-state index contributed by atoms with van der Waals surface area (Å²) in [4.78, 5) is 41.3. The van der Waals surface area contributed by atoms with Crippen molar-refractivity contribution in [3.8, 4) is 0 Å². The van der Waals surface area contributed by atoms with Gasteiger partial charge in [-0.3, -0.25) is 19.9 Å². The molecule has 1 heterocycles. The number of nitro groups is 1. The van der Waals surface area contributed by atoms with Crippen LogP contribution in [0.15, 0.2) is 89.1 Å². The van der Waals surface area contributed by atoms with Gasteiger partial charge in [-0.2, -0.15) is 0 Å². The summed E-state index contributed by atoms with van der Waals surface area (Å²) in [5.41, 5.74) is 2.25. The Hall–Kier alpha value is -4.59. The third kappa shape index (κ3) is 5.48. The lowest BCUT2D eigenvalue weighted by atomic mass is 9.75. The van der Waals surface area contributed by atoms with E-state index in [1.54, 1.807) is 26.0 Å². The van der Waals surface area contributed by atoms with Crippen LogP contribution in [-0.2, 0) is 19.1 Å². The monoisotopic (exact) mass is 498 g/mol. The summed E-state index contributed by atoms with van der Waals surface area (Å²) in [5.74, 6) is -3.01. The highest BCUT2D eigenvalue weighted by atomic mass is 16.6. The molecule has 0 aliphatic carbocycles. The highest BCUT2D eigenvalue weighted by Crippen LogP contribution is 2.40. The SMILES string of the molecule is COC(=O)C1C(C)=NC(C)=C(C(=O)OCC=Cc2ccc3ccccc3c2)C1c1cccc([N+](=O)[O-])c1. The number of fused-ring (bicyclic) bond motifs is 1. The molecule has 0 amide bonds. The molecule has 3 aromatic rings. The molecule has 0 N–H and O–H groups in total. The van der Waals surface area contributed by atoms with Gasteiger partial charge in [0.15, 0.2) is 0 Å². The first-order chi connectivity index (χ1) is 17.8. The number of hydrogen-bond acceptors (Lipinski definition) is 7. The van der Waals surface area contributed by atoms with Crippen molar-refractivity contribution in [2.24, 2.45) is 10.9 Å². The number of carbonyl (C=O) groups excluding carboxylic acids is 2. The Bertz CT molecular complexity index is 1470. The van der Waals surface area contributed by atoms with E-state index >= 15 is 0 Å². The second kappa shape index (κ2) is 11.0. The smallest absolute Gasteiger partial charge is 0.336 e. The van der Waals surface area contributed by atoms with E-state index in [0.717, 1.165) is 16.3 Å². The number of allylic oxidation sites excluding steroid dienone is 1. The van der Waals surface area contributed by atoms with Gasteiger partial charge in [0.25, 0.3) is 5.69 Å². The number of rotatable bonds is 7. The summed E-state index contributed by atoms with van der Waals surface area (Å²) < 4.78 is 10.5. The second-order valence-electron chi connectivity index (χ2n) is 8.69. The quantitative estimate of drug-likeness (QED) is 0.237. The number of carbonyl (C=O) groups is 2. The molecule has 0 fully saturated rings. The van der Waals surface area contributed by atoms with Crippen LogP contribution in [0.3, 0.4) is 0 Å². The molecule has 4 rings (SSSR count). The molecular formula is C29H26N2O6. The van der Waals surface area contributed by atoms with E-state index in [2.05, 4.69) is 4.99 Å². The van der Waals surface area contributed by atoms with Crippen LogP contribution in [0.4, 0.5) is 5.69 Å². The van der Waals surface area contributed by atoms with Gasteiger partial charge in [-0.15, -0.1) is 0 Å². The van der Waals surface area contributed by atoms with E-state index in [1.807, 2.05) is 48.5 Å². The van der Waals surface area contributed by atoms with Gasteiger partial charge in [0, 0.05) is 29.5 Å². The number of nitro benzene ring substituents is 1. The molecule has 0 bridgehead atoms. The van der Waals surface area contributed by atoms with Gasteiger partial charge < -0.3 is 9.47 Å². The minimum Gasteiger partial charge on any atom is -0.468 e. The van der Waals surface area contributed by atoms with Crippen LogP contribution in [0.1, 0.15) is 30.9 Å². The van der Waals surface area contributed by atoms with E-state index in [9.17, 15) is 19.7 Å². The molecule has 188 valence electrons. The molecule has 0 saturated carbocycles. The maximum atomic E-state index is 13.3. The molecule has 0 saturated heterocycles. The lowest BCUT2D eigenvalue weighted by Crippen LogP contribution is -2.36. The average Bonchev–Trinajstić information content (AvgIpc) is 2.90. The fourth-order valence-corrected chi connectivity index (χ4v) is 4.62. The fourth-order valence-electron chi connectivity index (χ4n) is 4.62. The molecule has 3 aromatic carbocycles. The van der Waals surface area contributed by atoms with E-state index in [1.165, 1.54) is 25.3 Å². The second-order valence-corrected chi connectivity index (χ2v) is 8.69. The first kappa shape index (κ1) is 25.5. The van der Waals surface area contributed by atoms with Crippen molar-refractivity contribution in [1.82, 2.24) is 0 Å². The van der Waals surface area contributed by atoms with Crippen molar-refractivity contribution in [2.75, 3.05) is 13.7 Å². The van der Waals surface area contributed by atoms with E-state index in [-0.39, 0.29) is 17.9 Å². The largest absolute Gasteiger partial charge is 0.468 e. The van der Waals surface area contributed by atoms with Crippen molar-refractivity contribution in [2.45, 2.75) is 19.8 Å². The molecule has 0 aromatic heterocycles. The van der Waals surface area contributed by atoms with E-state index in [4.69, 9.17) is 9.47 Å².